The summed E-state index contributed by atoms with van der Waals surface area (Å²) in [7, 11) is -1.28. The first-order valence-corrected chi connectivity index (χ1v) is 11.3. The van der Waals surface area contributed by atoms with E-state index < -0.39 is 9.84 Å². The fourth-order valence-corrected chi connectivity index (χ4v) is 5.98. The van der Waals surface area contributed by atoms with Gasteiger partial charge in [0.05, 0.1) is 33.0 Å². The summed E-state index contributed by atoms with van der Waals surface area (Å²) >= 11 is 1.19. The zero-order valence-corrected chi connectivity index (χ0v) is 17.5. The zero-order valence-electron chi connectivity index (χ0n) is 15.9. The fraction of sp³-hybridized carbons (Fsp3) is 0.500. The van der Waals surface area contributed by atoms with Gasteiger partial charge in [-0.3, -0.25) is 14.3 Å². The molecule has 0 bridgehead atoms. The molecule has 3 heterocycles. The van der Waals surface area contributed by atoms with Crippen molar-refractivity contribution in [1.29, 1.82) is 0 Å². The largest absolute Gasteiger partial charge is 0.337 e. The molecule has 1 saturated heterocycles. The maximum absolute atomic E-state index is 12.7. The molecule has 3 rings (SSSR count). The van der Waals surface area contributed by atoms with Crippen molar-refractivity contribution in [2.75, 3.05) is 18.6 Å². The van der Waals surface area contributed by atoms with Crippen molar-refractivity contribution in [1.82, 2.24) is 14.7 Å². The van der Waals surface area contributed by atoms with Crippen LogP contribution in [0.5, 0.6) is 0 Å². The second-order valence-corrected chi connectivity index (χ2v) is 10.3. The van der Waals surface area contributed by atoms with Gasteiger partial charge in [0.2, 0.25) is 0 Å². The van der Waals surface area contributed by atoms with Crippen molar-refractivity contribution in [2.45, 2.75) is 39.8 Å². The smallest absolute Gasteiger partial charge is 0.263 e. The zero-order chi connectivity index (χ0) is 19.9. The lowest BCUT2D eigenvalue weighted by Gasteiger charge is -2.17. The summed E-state index contributed by atoms with van der Waals surface area (Å²) in [6.45, 7) is 5.65. The summed E-state index contributed by atoms with van der Waals surface area (Å²) in [6, 6.07) is 3.20. The monoisotopic (exact) mass is 409 g/mol. The Labute approximate surface area is 162 Å². The molecule has 146 valence electrons. The molecular weight excluding hydrogens is 386 g/mol. The second kappa shape index (κ2) is 7.20. The molecule has 2 aromatic heterocycles. The number of aryl methyl sites for hydroxylation is 1. The molecule has 1 aliphatic heterocycles. The Morgan fingerprint density at radius 1 is 1.30 bits per heavy atom. The molecule has 7 nitrogen and oxygen atoms in total. The van der Waals surface area contributed by atoms with Crippen molar-refractivity contribution in [3.8, 4) is 0 Å². The van der Waals surface area contributed by atoms with E-state index >= 15 is 0 Å². The van der Waals surface area contributed by atoms with Gasteiger partial charge in [0.25, 0.3) is 5.91 Å². The molecule has 2 aromatic rings. The normalized spacial score (nSPS) is 18.6. The van der Waals surface area contributed by atoms with E-state index in [1.807, 2.05) is 13.8 Å². The quantitative estimate of drug-likeness (QED) is 0.708. The lowest BCUT2D eigenvalue weighted by molar-refractivity contribution is 0.0789. The lowest BCUT2D eigenvalue weighted by atomic mass is 10.1. The first kappa shape index (κ1) is 19.8. The summed E-state index contributed by atoms with van der Waals surface area (Å²) in [5, 5.41) is 4.54. The van der Waals surface area contributed by atoms with Crippen LogP contribution in [0.3, 0.4) is 0 Å². The van der Waals surface area contributed by atoms with Gasteiger partial charge in [-0.1, -0.05) is 0 Å². The lowest BCUT2D eigenvalue weighted by Crippen LogP contribution is -2.26. The molecule has 0 aromatic carbocycles. The Morgan fingerprint density at radius 3 is 2.52 bits per heavy atom. The summed E-state index contributed by atoms with van der Waals surface area (Å²) < 4.78 is 25.3. The number of hydrogen-bond donors (Lipinski definition) is 0. The van der Waals surface area contributed by atoms with Crippen LogP contribution in [0.25, 0.3) is 0 Å². The standard InChI is InChI=1S/C18H23N3O4S2/c1-11-15(12(2)21(19-11)14-7-8-27(24,25)10-14)9-20(4)18(23)17-6-5-16(26-17)13(3)22/h5-6,14H,7-10H2,1-4H3/t14-/m0/s1. The predicted molar refractivity (Wildman–Crippen MR) is 104 cm³/mol. The third-order valence-electron chi connectivity index (χ3n) is 4.93. The summed E-state index contributed by atoms with van der Waals surface area (Å²) in [6.07, 6.45) is 0.571. The molecule has 1 amide bonds. The van der Waals surface area contributed by atoms with Crippen LogP contribution in [0.4, 0.5) is 0 Å². The number of amides is 1. The van der Waals surface area contributed by atoms with E-state index in [9.17, 15) is 18.0 Å². The van der Waals surface area contributed by atoms with Gasteiger partial charge in [-0.25, -0.2) is 8.42 Å². The molecule has 1 fully saturated rings. The molecule has 9 heteroatoms. The topological polar surface area (TPSA) is 89.3 Å². The number of ketones is 1. The molecule has 1 atom stereocenters. The Morgan fingerprint density at radius 2 is 1.96 bits per heavy atom. The van der Waals surface area contributed by atoms with Crippen LogP contribution in [-0.4, -0.2) is 53.3 Å². The minimum atomic E-state index is -2.99. The van der Waals surface area contributed by atoms with Gasteiger partial charge in [0.15, 0.2) is 15.6 Å². The number of Topliss-reactive ketones (excluding diaryl/α,β-unsaturated/α-hetero) is 1. The number of aromatic nitrogens is 2. The number of rotatable bonds is 5. The van der Waals surface area contributed by atoms with Crippen LogP contribution < -0.4 is 0 Å². The highest BCUT2D eigenvalue weighted by atomic mass is 32.2. The third kappa shape index (κ3) is 3.98. The van der Waals surface area contributed by atoms with Gasteiger partial charge in [-0.15, -0.1) is 11.3 Å². The Bertz CT molecular complexity index is 1000. The van der Waals surface area contributed by atoms with Crippen molar-refractivity contribution in [3.05, 3.63) is 38.8 Å². The van der Waals surface area contributed by atoms with Gasteiger partial charge in [-0.2, -0.15) is 5.10 Å². The number of nitrogens with zero attached hydrogens (tertiary/aromatic N) is 3. The van der Waals surface area contributed by atoms with E-state index in [0.717, 1.165) is 17.0 Å². The molecular formula is C18H23N3O4S2. The van der Waals surface area contributed by atoms with Gasteiger partial charge in [0, 0.05) is 24.8 Å². The van der Waals surface area contributed by atoms with Gasteiger partial charge >= 0.3 is 0 Å². The number of hydrogen-bond acceptors (Lipinski definition) is 6. The Balaban J connectivity index is 1.78. The first-order chi connectivity index (χ1) is 12.6. The number of sulfone groups is 1. The van der Waals surface area contributed by atoms with Crippen molar-refractivity contribution < 1.29 is 18.0 Å². The number of carbonyl (C=O) groups excluding carboxylic acids is 2. The molecule has 0 spiro atoms. The van der Waals surface area contributed by atoms with Crippen LogP contribution in [0.1, 0.15) is 55.7 Å². The molecule has 0 N–H and O–H groups in total. The van der Waals surface area contributed by atoms with Crippen LogP contribution in [0, 0.1) is 13.8 Å². The molecule has 0 aliphatic carbocycles. The van der Waals surface area contributed by atoms with Crippen molar-refractivity contribution >= 4 is 32.9 Å². The Hall–Kier alpha value is -2.00. The summed E-state index contributed by atoms with van der Waals surface area (Å²) in [4.78, 5) is 26.8. The highest BCUT2D eigenvalue weighted by Gasteiger charge is 2.31. The Kier molecular flexibility index (Phi) is 5.27. The average Bonchev–Trinajstić information content (AvgIpc) is 3.28. The average molecular weight is 410 g/mol. The van der Waals surface area contributed by atoms with Gasteiger partial charge in [-0.05, 0) is 39.3 Å². The number of thiophene rings is 1. The van der Waals surface area contributed by atoms with Crippen molar-refractivity contribution in [3.63, 3.8) is 0 Å². The molecule has 0 unspecified atom stereocenters. The first-order valence-electron chi connectivity index (χ1n) is 8.70. The van der Waals surface area contributed by atoms with E-state index in [1.54, 1.807) is 28.8 Å². The minimum Gasteiger partial charge on any atom is -0.337 e. The van der Waals surface area contributed by atoms with Crippen LogP contribution in [-0.2, 0) is 16.4 Å². The van der Waals surface area contributed by atoms with Gasteiger partial charge < -0.3 is 4.90 Å². The highest BCUT2D eigenvalue weighted by Crippen LogP contribution is 2.27. The molecule has 1 aliphatic rings. The maximum Gasteiger partial charge on any atom is 0.263 e. The SMILES string of the molecule is CC(=O)c1ccc(C(=O)N(C)Cc2c(C)nn([C@H]3CCS(=O)(=O)C3)c2C)s1. The highest BCUT2D eigenvalue weighted by molar-refractivity contribution is 7.91. The molecule has 0 saturated carbocycles. The van der Waals surface area contributed by atoms with E-state index in [-0.39, 0.29) is 29.2 Å². The summed E-state index contributed by atoms with van der Waals surface area (Å²) in [5.41, 5.74) is 2.62. The number of carbonyl (C=O) groups is 2. The van der Waals surface area contributed by atoms with E-state index in [2.05, 4.69) is 5.10 Å². The molecule has 0 radical (unpaired) electrons. The maximum atomic E-state index is 12.7. The van der Waals surface area contributed by atoms with Crippen LogP contribution >= 0.6 is 11.3 Å². The predicted octanol–water partition coefficient (Wildman–Crippen LogP) is 2.40. The van der Waals surface area contributed by atoms with Crippen LogP contribution in [0.15, 0.2) is 12.1 Å². The van der Waals surface area contributed by atoms with Crippen molar-refractivity contribution in [2.24, 2.45) is 0 Å². The summed E-state index contributed by atoms with van der Waals surface area (Å²) in [5.74, 6) is 0.107. The van der Waals surface area contributed by atoms with Crippen LogP contribution in [0.2, 0.25) is 0 Å². The van der Waals surface area contributed by atoms with E-state index in [1.165, 1.54) is 18.3 Å². The van der Waals surface area contributed by atoms with Gasteiger partial charge in [0.1, 0.15) is 0 Å². The second-order valence-electron chi connectivity index (χ2n) is 7.03. The molecule has 27 heavy (non-hydrogen) atoms. The minimum absolute atomic E-state index is 0.0545. The van der Waals surface area contributed by atoms with E-state index in [0.29, 0.717) is 22.7 Å². The van der Waals surface area contributed by atoms with E-state index in [4.69, 9.17) is 0 Å². The fourth-order valence-electron chi connectivity index (χ4n) is 3.39. The third-order valence-corrected chi connectivity index (χ3v) is 7.86.